The highest BCUT2D eigenvalue weighted by atomic mass is 32.2. The maximum absolute atomic E-state index is 11.8. The van der Waals surface area contributed by atoms with Crippen LogP contribution in [0.15, 0.2) is 41.0 Å². The topological polar surface area (TPSA) is 69.7 Å². The van der Waals surface area contributed by atoms with E-state index in [0.717, 1.165) is 11.8 Å². The summed E-state index contributed by atoms with van der Waals surface area (Å²) in [6.07, 6.45) is 0.882. The van der Waals surface area contributed by atoms with E-state index < -0.39 is 16.1 Å². The summed E-state index contributed by atoms with van der Waals surface area (Å²) in [4.78, 5) is 11.3. The van der Waals surface area contributed by atoms with Crippen molar-refractivity contribution in [2.24, 2.45) is 0 Å². The van der Waals surface area contributed by atoms with Crippen LogP contribution in [0.5, 0.6) is 0 Å². The second-order valence-corrected chi connectivity index (χ2v) is 5.46. The molecule has 1 aromatic carbocycles. The van der Waals surface area contributed by atoms with Gasteiger partial charge in [-0.2, -0.15) is 8.42 Å². The van der Waals surface area contributed by atoms with E-state index in [1.807, 2.05) is 6.92 Å². The smallest absolute Gasteiger partial charge is 0.338 e. The van der Waals surface area contributed by atoms with Crippen molar-refractivity contribution in [3.8, 4) is 0 Å². The highest BCUT2D eigenvalue weighted by Gasteiger charge is 2.15. The van der Waals surface area contributed by atoms with Crippen LogP contribution in [0.25, 0.3) is 0 Å². The van der Waals surface area contributed by atoms with Gasteiger partial charge in [0.25, 0.3) is 0 Å². The summed E-state index contributed by atoms with van der Waals surface area (Å²) in [6, 6.07) is 6.22. The van der Waals surface area contributed by atoms with E-state index in [9.17, 15) is 13.2 Å². The fourth-order valence-electron chi connectivity index (χ4n) is 1.19. The molecule has 0 saturated carbocycles. The second kappa shape index (κ2) is 6.38. The van der Waals surface area contributed by atoms with Gasteiger partial charge in [0, 0.05) is 0 Å². The molecule has 0 radical (unpaired) electrons. The fourth-order valence-corrected chi connectivity index (χ4v) is 2.04. The molecule has 0 bridgehead atoms. The van der Waals surface area contributed by atoms with Gasteiger partial charge in [-0.25, -0.2) is 4.79 Å². The molecule has 6 heteroatoms. The molecule has 104 valence electrons. The lowest BCUT2D eigenvalue weighted by molar-refractivity contribution is -0.138. The van der Waals surface area contributed by atoms with Crippen molar-refractivity contribution in [3.63, 3.8) is 0 Å². The number of aryl methyl sites for hydroxylation is 1. The van der Waals surface area contributed by atoms with Gasteiger partial charge in [-0.15, -0.1) is 0 Å². The summed E-state index contributed by atoms with van der Waals surface area (Å²) in [5, 5.41) is 0. The maximum atomic E-state index is 11.8. The minimum Gasteiger partial charge on any atom is -0.463 e. The van der Waals surface area contributed by atoms with E-state index in [0.29, 0.717) is 0 Å². The molecule has 0 spiro atoms. The molecule has 0 saturated heterocycles. The van der Waals surface area contributed by atoms with Crippen molar-refractivity contribution in [2.45, 2.75) is 25.7 Å². The van der Waals surface area contributed by atoms with Crippen LogP contribution in [0.2, 0.25) is 0 Å². The number of carbonyl (C=O) groups excluding carboxylic acids is 1. The molecule has 0 atom stereocenters. The summed E-state index contributed by atoms with van der Waals surface area (Å²) >= 11 is 0. The minimum absolute atomic E-state index is 0.0333. The molecule has 1 rings (SSSR count). The molecular weight excluding hydrogens is 268 g/mol. The van der Waals surface area contributed by atoms with Gasteiger partial charge >= 0.3 is 16.1 Å². The molecule has 19 heavy (non-hydrogen) atoms. The standard InChI is InChI=1S/C13H16O5S/c1-4-17-13(14)11(3)9-18-19(15,16)12-7-5-10(2)6-8-12/h5-9H,4H2,1-3H3. The lowest BCUT2D eigenvalue weighted by Crippen LogP contribution is -2.08. The van der Waals surface area contributed by atoms with Gasteiger partial charge in [-0.05, 0) is 32.9 Å². The van der Waals surface area contributed by atoms with Crippen LogP contribution in [0.3, 0.4) is 0 Å². The maximum Gasteiger partial charge on any atom is 0.338 e. The van der Waals surface area contributed by atoms with Crippen LogP contribution in [0.4, 0.5) is 0 Å². The van der Waals surface area contributed by atoms with E-state index in [2.05, 4.69) is 0 Å². The largest absolute Gasteiger partial charge is 0.463 e. The van der Waals surface area contributed by atoms with Crippen molar-refractivity contribution >= 4 is 16.1 Å². The highest BCUT2D eigenvalue weighted by Crippen LogP contribution is 2.14. The molecule has 0 unspecified atom stereocenters. The number of benzene rings is 1. The number of hydrogen-bond acceptors (Lipinski definition) is 5. The Hall–Kier alpha value is -1.82. The van der Waals surface area contributed by atoms with Crippen LogP contribution < -0.4 is 0 Å². The molecule has 0 amide bonds. The monoisotopic (exact) mass is 284 g/mol. The first-order valence-electron chi connectivity index (χ1n) is 5.70. The highest BCUT2D eigenvalue weighted by molar-refractivity contribution is 7.86. The number of carbonyl (C=O) groups is 1. The van der Waals surface area contributed by atoms with E-state index in [4.69, 9.17) is 8.92 Å². The first kappa shape index (κ1) is 15.2. The van der Waals surface area contributed by atoms with Gasteiger partial charge in [0.2, 0.25) is 0 Å². The summed E-state index contributed by atoms with van der Waals surface area (Å²) < 4.78 is 33.0. The van der Waals surface area contributed by atoms with Crippen molar-refractivity contribution < 1.29 is 22.1 Å². The normalized spacial score (nSPS) is 12.1. The zero-order valence-corrected chi connectivity index (χ0v) is 11.9. The van der Waals surface area contributed by atoms with Crippen molar-refractivity contribution in [1.29, 1.82) is 0 Å². The van der Waals surface area contributed by atoms with E-state index in [-0.39, 0.29) is 17.1 Å². The predicted octanol–water partition coefficient (Wildman–Crippen LogP) is 2.17. The van der Waals surface area contributed by atoms with Gasteiger partial charge in [-0.3, -0.25) is 0 Å². The lowest BCUT2D eigenvalue weighted by Gasteiger charge is -2.05. The Morgan fingerprint density at radius 1 is 1.26 bits per heavy atom. The van der Waals surface area contributed by atoms with E-state index >= 15 is 0 Å². The van der Waals surface area contributed by atoms with Gasteiger partial charge in [0.15, 0.2) is 0 Å². The number of esters is 1. The Balaban J connectivity index is 2.83. The third-order valence-electron chi connectivity index (χ3n) is 2.26. The Kier molecular flexibility index (Phi) is 5.11. The molecule has 1 aromatic rings. The van der Waals surface area contributed by atoms with Crippen LogP contribution in [-0.4, -0.2) is 21.0 Å². The van der Waals surface area contributed by atoms with Gasteiger partial charge in [0.05, 0.1) is 12.2 Å². The quantitative estimate of drug-likeness (QED) is 0.359. The van der Waals surface area contributed by atoms with E-state index in [1.165, 1.54) is 19.1 Å². The first-order valence-corrected chi connectivity index (χ1v) is 7.11. The molecule has 0 aliphatic carbocycles. The van der Waals surface area contributed by atoms with Crippen molar-refractivity contribution in [1.82, 2.24) is 0 Å². The predicted molar refractivity (Wildman–Crippen MR) is 69.8 cm³/mol. The lowest BCUT2D eigenvalue weighted by atomic mass is 10.2. The molecule has 5 nitrogen and oxygen atoms in total. The first-order chi connectivity index (χ1) is 8.86. The molecule has 0 aliphatic heterocycles. The Labute approximate surface area is 113 Å². The molecular formula is C13H16O5S. The molecule has 0 aromatic heterocycles. The molecule has 0 N–H and O–H groups in total. The average molecular weight is 284 g/mol. The number of hydrogen-bond donors (Lipinski definition) is 0. The number of rotatable bonds is 5. The summed E-state index contributed by atoms with van der Waals surface area (Å²) in [5.41, 5.74) is 1.02. The Morgan fingerprint density at radius 3 is 2.37 bits per heavy atom. The third kappa shape index (κ3) is 4.40. The van der Waals surface area contributed by atoms with Gasteiger partial charge in [-0.1, -0.05) is 17.7 Å². The second-order valence-electron chi connectivity index (χ2n) is 3.88. The van der Waals surface area contributed by atoms with Crippen molar-refractivity contribution in [2.75, 3.05) is 6.61 Å². The molecule has 0 fully saturated rings. The van der Waals surface area contributed by atoms with E-state index in [1.54, 1.807) is 19.1 Å². The van der Waals surface area contributed by atoms with Crippen LogP contribution in [0, 0.1) is 6.92 Å². The Morgan fingerprint density at radius 2 is 1.84 bits per heavy atom. The molecule has 0 heterocycles. The molecule has 0 aliphatic rings. The summed E-state index contributed by atoms with van der Waals surface area (Å²) in [7, 11) is -3.90. The fraction of sp³-hybridized carbons (Fsp3) is 0.308. The van der Waals surface area contributed by atoms with Gasteiger partial charge in [0.1, 0.15) is 11.2 Å². The van der Waals surface area contributed by atoms with Gasteiger partial charge < -0.3 is 8.92 Å². The third-order valence-corrected chi connectivity index (χ3v) is 3.46. The zero-order chi connectivity index (χ0) is 14.5. The number of ether oxygens (including phenoxy) is 1. The van der Waals surface area contributed by atoms with Crippen LogP contribution in [-0.2, 0) is 23.8 Å². The zero-order valence-electron chi connectivity index (χ0n) is 11.0. The summed E-state index contributed by atoms with van der Waals surface area (Å²) in [5.74, 6) is -0.610. The Bertz CT molecular complexity index is 570. The summed E-state index contributed by atoms with van der Waals surface area (Å²) in [6.45, 7) is 5.15. The van der Waals surface area contributed by atoms with Crippen LogP contribution in [0.1, 0.15) is 19.4 Å². The average Bonchev–Trinajstić information content (AvgIpc) is 2.37. The van der Waals surface area contributed by atoms with Crippen LogP contribution >= 0.6 is 0 Å². The minimum atomic E-state index is -3.90. The SMILES string of the molecule is CCOC(=O)C(C)=COS(=O)(=O)c1ccc(C)cc1. The van der Waals surface area contributed by atoms with Crippen molar-refractivity contribution in [3.05, 3.63) is 41.7 Å².